The highest BCUT2D eigenvalue weighted by molar-refractivity contribution is 5.81. The van der Waals surface area contributed by atoms with Gasteiger partial charge in [0.2, 0.25) is 0 Å². The van der Waals surface area contributed by atoms with Crippen LogP contribution in [0.15, 0.2) is 55.1 Å². The summed E-state index contributed by atoms with van der Waals surface area (Å²) in [6.45, 7) is 0.368. The van der Waals surface area contributed by atoms with Gasteiger partial charge in [-0.15, -0.1) is 0 Å². The van der Waals surface area contributed by atoms with Crippen molar-refractivity contribution in [1.82, 2.24) is 24.5 Å². The van der Waals surface area contributed by atoms with Gasteiger partial charge in [-0.2, -0.15) is 10.2 Å². The molecule has 0 bridgehead atoms. The zero-order chi connectivity index (χ0) is 16.5. The molecule has 6 nitrogen and oxygen atoms in total. The summed E-state index contributed by atoms with van der Waals surface area (Å²) in [5.41, 5.74) is 2.34. The van der Waals surface area contributed by atoms with Gasteiger partial charge in [-0.3, -0.25) is 9.36 Å². The smallest absolute Gasteiger partial charge is 0.132 e. The van der Waals surface area contributed by atoms with Crippen molar-refractivity contribution in [3.05, 3.63) is 66.5 Å². The summed E-state index contributed by atoms with van der Waals surface area (Å²) in [5, 5.41) is 12.6. The van der Waals surface area contributed by atoms with Crippen molar-refractivity contribution in [2.45, 2.75) is 6.54 Å². The molecular weight excluding hydrogens is 307 g/mol. The van der Waals surface area contributed by atoms with Gasteiger partial charge in [-0.25, -0.2) is 9.37 Å². The maximum Gasteiger partial charge on any atom is 0.132 e. The minimum atomic E-state index is -0.232. The van der Waals surface area contributed by atoms with Gasteiger partial charge in [0.05, 0.1) is 30.1 Å². The highest BCUT2D eigenvalue weighted by Crippen LogP contribution is 2.20. The molecule has 0 aliphatic carbocycles. The molecular formula is C17H15FN6. The Balaban J connectivity index is 1.67. The lowest BCUT2D eigenvalue weighted by Gasteiger charge is -2.07. The van der Waals surface area contributed by atoms with E-state index in [9.17, 15) is 4.39 Å². The number of rotatable bonds is 4. The quantitative estimate of drug-likeness (QED) is 0.627. The van der Waals surface area contributed by atoms with Gasteiger partial charge >= 0.3 is 0 Å². The highest BCUT2D eigenvalue weighted by Gasteiger charge is 2.08. The number of hydrogen-bond donors (Lipinski definition) is 1. The van der Waals surface area contributed by atoms with Crippen LogP contribution in [-0.4, -0.2) is 24.5 Å². The molecule has 0 saturated heterocycles. The van der Waals surface area contributed by atoms with Crippen LogP contribution in [0.5, 0.6) is 0 Å². The van der Waals surface area contributed by atoms with Crippen molar-refractivity contribution in [1.29, 1.82) is 0 Å². The summed E-state index contributed by atoms with van der Waals surface area (Å²) >= 11 is 0. The number of benzene rings is 1. The van der Waals surface area contributed by atoms with E-state index in [4.69, 9.17) is 0 Å². The molecule has 4 rings (SSSR count). The van der Waals surface area contributed by atoms with Gasteiger partial charge in [0, 0.05) is 36.5 Å². The third kappa shape index (κ3) is 2.71. The van der Waals surface area contributed by atoms with Crippen molar-refractivity contribution in [3.8, 4) is 0 Å². The Kier molecular flexibility index (Phi) is 3.45. The molecule has 3 heterocycles. The van der Waals surface area contributed by atoms with Gasteiger partial charge in [0.15, 0.2) is 0 Å². The molecule has 0 saturated carbocycles. The van der Waals surface area contributed by atoms with Crippen LogP contribution in [-0.2, 0) is 13.6 Å². The Morgan fingerprint density at radius 2 is 2.00 bits per heavy atom. The monoisotopic (exact) mass is 322 g/mol. The second-order valence-electron chi connectivity index (χ2n) is 5.55. The summed E-state index contributed by atoms with van der Waals surface area (Å²) < 4.78 is 17.4. The van der Waals surface area contributed by atoms with Crippen LogP contribution in [0.2, 0.25) is 0 Å². The first-order valence-electron chi connectivity index (χ1n) is 7.50. The number of halogens is 1. The zero-order valence-electron chi connectivity index (χ0n) is 13.0. The second kappa shape index (κ2) is 5.77. The van der Waals surface area contributed by atoms with E-state index in [1.165, 1.54) is 6.07 Å². The lowest BCUT2D eigenvalue weighted by Crippen LogP contribution is -2.03. The van der Waals surface area contributed by atoms with E-state index < -0.39 is 0 Å². The number of nitrogens with one attached hydrogen (secondary N) is 1. The summed E-state index contributed by atoms with van der Waals surface area (Å²) in [6, 6.07) is 8.62. The lowest BCUT2D eigenvalue weighted by molar-refractivity contribution is 0.590. The molecule has 0 spiro atoms. The van der Waals surface area contributed by atoms with Gasteiger partial charge in [0.25, 0.3) is 0 Å². The van der Waals surface area contributed by atoms with E-state index in [2.05, 4.69) is 20.5 Å². The SMILES string of the molecule is Cn1cc(Nc2cc3c(cn2)cnn3Cc2ccccc2F)cn1. The number of pyridine rings is 1. The molecule has 0 radical (unpaired) electrons. The summed E-state index contributed by atoms with van der Waals surface area (Å²) in [7, 11) is 1.85. The fourth-order valence-corrected chi connectivity index (χ4v) is 2.59. The molecule has 1 aromatic carbocycles. The second-order valence-corrected chi connectivity index (χ2v) is 5.55. The van der Waals surface area contributed by atoms with Crippen LogP contribution in [0.1, 0.15) is 5.56 Å². The van der Waals surface area contributed by atoms with Crippen LogP contribution in [0.4, 0.5) is 15.9 Å². The molecule has 0 amide bonds. The van der Waals surface area contributed by atoms with Crippen molar-refractivity contribution < 1.29 is 4.39 Å². The lowest BCUT2D eigenvalue weighted by atomic mass is 10.2. The third-order valence-electron chi connectivity index (χ3n) is 3.78. The van der Waals surface area contributed by atoms with E-state index >= 15 is 0 Å². The first-order chi connectivity index (χ1) is 11.7. The van der Waals surface area contributed by atoms with Gasteiger partial charge < -0.3 is 5.32 Å². The van der Waals surface area contributed by atoms with E-state index in [0.717, 1.165) is 16.6 Å². The molecule has 1 N–H and O–H groups in total. The number of aromatic nitrogens is 5. The standard InChI is InChI=1S/C17H15FN6/c1-23-11-14(9-20-23)22-17-6-16-13(7-19-17)8-21-24(16)10-12-4-2-3-5-15(12)18/h2-9,11H,10H2,1H3,(H,19,22). The Bertz CT molecular complexity index is 1000. The largest absolute Gasteiger partial charge is 0.338 e. The summed E-state index contributed by atoms with van der Waals surface area (Å²) in [4.78, 5) is 4.37. The van der Waals surface area contributed by atoms with Crippen LogP contribution in [0.25, 0.3) is 10.9 Å². The predicted octanol–water partition coefficient (Wildman–Crippen LogP) is 3.10. The molecule has 0 unspecified atom stereocenters. The average Bonchev–Trinajstić information content (AvgIpc) is 3.16. The Hall–Kier alpha value is -3.22. The van der Waals surface area contributed by atoms with Crippen LogP contribution < -0.4 is 5.32 Å². The van der Waals surface area contributed by atoms with Crippen LogP contribution in [0, 0.1) is 5.82 Å². The van der Waals surface area contributed by atoms with E-state index in [-0.39, 0.29) is 5.82 Å². The van der Waals surface area contributed by atoms with E-state index in [1.807, 2.05) is 25.4 Å². The molecule has 0 atom stereocenters. The molecule has 7 heteroatoms. The third-order valence-corrected chi connectivity index (χ3v) is 3.78. The molecule has 4 aromatic rings. The Morgan fingerprint density at radius 1 is 1.12 bits per heavy atom. The molecule has 24 heavy (non-hydrogen) atoms. The fourth-order valence-electron chi connectivity index (χ4n) is 2.59. The molecule has 3 aromatic heterocycles. The molecule has 0 fully saturated rings. The average molecular weight is 322 g/mol. The summed E-state index contributed by atoms with van der Waals surface area (Å²) in [6.07, 6.45) is 7.07. The minimum Gasteiger partial charge on any atom is -0.338 e. The number of nitrogens with zero attached hydrogens (tertiary/aromatic N) is 5. The molecule has 120 valence electrons. The van der Waals surface area contributed by atoms with Gasteiger partial charge in [-0.05, 0) is 6.07 Å². The Morgan fingerprint density at radius 3 is 2.79 bits per heavy atom. The van der Waals surface area contributed by atoms with Gasteiger partial charge in [0.1, 0.15) is 11.6 Å². The number of fused-ring (bicyclic) bond motifs is 1. The first kappa shape index (κ1) is 14.4. The number of aryl methyl sites for hydroxylation is 1. The maximum absolute atomic E-state index is 13.9. The zero-order valence-corrected chi connectivity index (χ0v) is 13.0. The predicted molar refractivity (Wildman–Crippen MR) is 89.5 cm³/mol. The van der Waals surface area contributed by atoms with Crippen molar-refractivity contribution >= 4 is 22.4 Å². The van der Waals surface area contributed by atoms with Crippen molar-refractivity contribution in [3.63, 3.8) is 0 Å². The molecule has 0 aliphatic rings. The van der Waals surface area contributed by atoms with E-state index in [0.29, 0.717) is 17.9 Å². The van der Waals surface area contributed by atoms with Crippen LogP contribution in [0.3, 0.4) is 0 Å². The maximum atomic E-state index is 13.9. The van der Waals surface area contributed by atoms with E-state index in [1.54, 1.807) is 40.1 Å². The van der Waals surface area contributed by atoms with Crippen molar-refractivity contribution in [2.75, 3.05) is 5.32 Å². The molecule has 0 aliphatic heterocycles. The number of anilines is 2. The minimum absolute atomic E-state index is 0.232. The first-order valence-corrected chi connectivity index (χ1v) is 7.50. The fraction of sp³-hybridized carbons (Fsp3) is 0.118. The normalized spacial score (nSPS) is 11.1. The van der Waals surface area contributed by atoms with Gasteiger partial charge in [-0.1, -0.05) is 18.2 Å². The Labute approximate surface area is 137 Å². The highest BCUT2D eigenvalue weighted by atomic mass is 19.1. The number of hydrogen-bond acceptors (Lipinski definition) is 4. The van der Waals surface area contributed by atoms with Crippen LogP contribution >= 0.6 is 0 Å². The van der Waals surface area contributed by atoms with Crippen molar-refractivity contribution in [2.24, 2.45) is 7.05 Å². The summed E-state index contributed by atoms with van der Waals surface area (Å²) in [5.74, 6) is 0.453. The topological polar surface area (TPSA) is 60.6 Å².